The van der Waals surface area contributed by atoms with E-state index in [1.54, 1.807) is 13.1 Å². The van der Waals surface area contributed by atoms with Gasteiger partial charge in [-0.3, -0.25) is 9.78 Å². The van der Waals surface area contributed by atoms with Crippen LogP contribution in [-0.2, 0) is 4.79 Å². The van der Waals surface area contributed by atoms with Crippen LogP contribution in [0.5, 0.6) is 5.75 Å². The molecule has 1 aromatic heterocycles. The molecule has 30 heavy (non-hydrogen) atoms. The predicted molar refractivity (Wildman–Crippen MR) is 119 cm³/mol. The lowest BCUT2D eigenvalue weighted by atomic mass is 9.97. The normalized spacial score (nSPS) is 14.8. The minimum Gasteiger partial charge on any atom is -0.481 e. The zero-order chi connectivity index (χ0) is 20.8. The van der Waals surface area contributed by atoms with Crippen LogP contribution in [0.15, 0.2) is 66.4 Å². The molecule has 4 rings (SSSR count). The number of para-hydroxylation sites is 2. The van der Waals surface area contributed by atoms with Crippen LogP contribution in [0.2, 0.25) is 0 Å². The number of carbonyl (C=O) groups excluding carboxylic acids is 1. The number of carbonyl (C=O) groups is 1. The Morgan fingerprint density at radius 2 is 1.90 bits per heavy atom. The highest BCUT2D eigenvalue weighted by atomic mass is 16.5. The summed E-state index contributed by atoms with van der Waals surface area (Å²) in [7, 11) is 0. The van der Waals surface area contributed by atoms with Crippen LogP contribution in [0.25, 0.3) is 22.3 Å². The summed E-state index contributed by atoms with van der Waals surface area (Å²) in [5.74, 6) is 0.570. The minimum atomic E-state index is -0.545. The molecular formula is C25H27N3O2. The third-order valence-electron chi connectivity index (χ3n) is 5.41. The molecule has 5 nitrogen and oxygen atoms in total. The van der Waals surface area contributed by atoms with E-state index >= 15 is 0 Å². The average molecular weight is 402 g/mol. The molecule has 1 unspecified atom stereocenters. The summed E-state index contributed by atoms with van der Waals surface area (Å²) in [4.78, 5) is 21.5. The molecule has 1 aliphatic carbocycles. The van der Waals surface area contributed by atoms with Crippen LogP contribution in [0.1, 0.15) is 39.0 Å². The summed E-state index contributed by atoms with van der Waals surface area (Å²) >= 11 is 0. The zero-order valence-corrected chi connectivity index (χ0v) is 17.3. The van der Waals surface area contributed by atoms with Crippen molar-refractivity contribution in [3.05, 3.63) is 66.4 Å². The first kappa shape index (κ1) is 20.1. The van der Waals surface area contributed by atoms with E-state index < -0.39 is 6.10 Å². The van der Waals surface area contributed by atoms with Crippen LogP contribution in [0.4, 0.5) is 0 Å². The molecule has 0 spiro atoms. The molecule has 5 heteroatoms. The molecule has 0 saturated heterocycles. The predicted octanol–water partition coefficient (Wildman–Crippen LogP) is 5.07. The molecular weight excluding hydrogens is 374 g/mol. The molecule has 1 aliphatic rings. The Morgan fingerprint density at radius 3 is 2.67 bits per heavy atom. The summed E-state index contributed by atoms with van der Waals surface area (Å²) < 4.78 is 5.82. The number of benzene rings is 2. The van der Waals surface area contributed by atoms with Gasteiger partial charge in [-0.15, -0.1) is 0 Å². The van der Waals surface area contributed by atoms with Crippen molar-refractivity contribution in [2.24, 2.45) is 0 Å². The van der Waals surface area contributed by atoms with E-state index in [2.05, 4.69) is 21.4 Å². The van der Waals surface area contributed by atoms with Crippen molar-refractivity contribution in [1.29, 1.82) is 0 Å². The summed E-state index contributed by atoms with van der Waals surface area (Å²) in [6, 6.07) is 15.4. The van der Waals surface area contributed by atoms with Gasteiger partial charge >= 0.3 is 0 Å². The second-order valence-corrected chi connectivity index (χ2v) is 7.68. The topological polar surface area (TPSA) is 64.1 Å². The second kappa shape index (κ2) is 9.53. The number of nitrogens with zero attached hydrogens (tertiary/aromatic N) is 2. The summed E-state index contributed by atoms with van der Waals surface area (Å²) in [5, 5.41) is 2.98. The van der Waals surface area contributed by atoms with Crippen LogP contribution in [-0.4, -0.2) is 28.5 Å². The van der Waals surface area contributed by atoms with E-state index in [4.69, 9.17) is 4.74 Å². The van der Waals surface area contributed by atoms with Crippen molar-refractivity contribution in [2.75, 3.05) is 6.54 Å². The molecule has 154 valence electrons. The molecule has 1 amide bonds. The average Bonchev–Trinajstić information content (AvgIpc) is 2.80. The summed E-state index contributed by atoms with van der Waals surface area (Å²) in [6.07, 6.45) is 9.36. The smallest absolute Gasteiger partial charge is 0.260 e. The second-order valence-electron chi connectivity index (χ2n) is 7.68. The first-order valence-corrected chi connectivity index (χ1v) is 10.6. The molecule has 1 N–H and O–H groups in total. The largest absolute Gasteiger partial charge is 0.481 e. The maximum atomic E-state index is 12.3. The van der Waals surface area contributed by atoms with Crippen LogP contribution < -0.4 is 10.1 Å². The Balaban J connectivity index is 1.32. The SMILES string of the molecule is CC(Oc1ccc(-c2cnc3ccccc3n2)cc1)C(=O)NCCC1=CCCCC1. The molecule has 0 saturated carbocycles. The number of aromatic nitrogens is 2. The number of hydrogen-bond donors (Lipinski definition) is 1. The number of hydrogen-bond acceptors (Lipinski definition) is 4. The molecule has 2 aromatic carbocycles. The molecule has 0 aliphatic heterocycles. The van der Waals surface area contributed by atoms with Crippen molar-refractivity contribution in [1.82, 2.24) is 15.3 Å². The maximum absolute atomic E-state index is 12.3. The standard InChI is InChI=1S/C25H27N3O2/c1-18(25(29)26-16-15-19-7-3-2-4-8-19)30-21-13-11-20(12-14-21)24-17-27-22-9-5-6-10-23(22)28-24/h5-7,9-14,17-18H,2-4,8,15-16H2,1H3,(H,26,29). The fraction of sp³-hybridized carbons (Fsp3) is 0.320. The van der Waals surface area contributed by atoms with E-state index in [0.717, 1.165) is 35.1 Å². The first-order valence-electron chi connectivity index (χ1n) is 10.6. The van der Waals surface area contributed by atoms with Gasteiger partial charge in [0.2, 0.25) is 0 Å². The van der Waals surface area contributed by atoms with Gasteiger partial charge in [0.25, 0.3) is 5.91 Å². The number of rotatable bonds is 7. The van der Waals surface area contributed by atoms with Gasteiger partial charge in [-0.2, -0.15) is 0 Å². The molecule has 0 radical (unpaired) electrons. The lowest BCUT2D eigenvalue weighted by molar-refractivity contribution is -0.127. The summed E-state index contributed by atoms with van der Waals surface area (Å²) in [6.45, 7) is 2.44. The van der Waals surface area contributed by atoms with E-state index in [1.165, 1.54) is 24.8 Å². The van der Waals surface area contributed by atoms with Gasteiger partial charge in [-0.05, 0) is 75.4 Å². The van der Waals surface area contributed by atoms with Gasteiger partial charge < -0.3 is 10.1 Å². The van der Waals surface area contributed by atoms with Crippen molar-refractivity contribution in [2.45, 2.75) is 45.1 Å². The van der Waals surface area contributed by atoms with Gasteiger partial charge in [0.05, 0.1) is 22.9 Å². The molecule has 3 aromatic rings. The number of fused-ring (bicyclic) bond motifs is 1. The van der Waals surface area contributed by atoms with E-state index in [9.17, 15) is 4.79 Å². The lowest BCUT2D eigenvalue weighted by Gasteiger charge is -2.16. The highest BCUT2D eigenvalue weighted by molar-refractivity contribution is 5.80. The Morgan fingerprint density at radius 1 is 1.10 bits per heavy atom. The lowest BCUT2D eigenvalue weighted by Crippen LogP contribution is -2.36. The van der Waals surface area contributed by atoms with Crippen molar-refractivity contribution >= 4 is 16.9 Å². The van der Waals surface area contributed by atoms with Gasteiger partial charge in [-0.25, -0.2) is 4.98 Å². The fourth-order valence-corrected chi connectivity index (χ4v) is 3.68. The summed E-state index contributed by atoms with van der Waals surface area (Å²) in [5.41, 5.74) is 4.97. The monoisotopic (exact) mass is 401 g/mol. The quantitative estimate of drug-likeness (QED) is 0.561. The van der Waals surface area contributed by atoms with Crippen LogP contribution in [0, 0.1) is 0 Å². The van der Waals surface area contributed by atoms with Crippen molar-refractivity contribution < 1.29 is 9.53 Å². The first-order chi connectivity index (χ1) is 14.7. The number of ether oxygens (including phenoxy) is 1. The molecule has 0 fully saturated rings. The highest BCUT2D eigenvalue weighted by Gasteiger charge is 2.15. The van der Waals surface area contributed by atoms with Gasteiger partial charge in [-0.1, -0.05) is 23.8 Å². The molecule has 1 atom stereocenters. The Bertz CT molecular complexity index is 1040. The molecule has 1 heterocycles. The van der Waals surface area contributed by atoms with Crippen LogP contribution in [0.3, 0.4) is 0 Å². The minimum absolute atomic E-state index is 0.0871. The Kier molecular flexibility index (Phi) is 6.38. The Labute approximate surface area is 177 Å². The van der Waals surface area contributed by atoms with Gasteiger partial charge in [0, 0.05) is 12.1 Å². The number of nitrogens with one attached hydrogen (secondary N) is 1. The van der Waals surface area contributed by atoms with Gasteiger partial charge in [0.15, 0.2) is 6.10 Å². The van der Waals surface area contributed by atoms with Gasteiger partial charge in [0.1, 0.15) is 5.75 Å². The molecule has 0 bridgehead atoms. The number of allylic oxidation sites excluding steroid dienone is 1. The zero-order valence-electron chi connectivity index (χ0n) is 17.3. The van der Waals surface area contributed by atoms with Crippen molar-refractivity contribution in [3.8, 4) is 17.0 Å². The highest BCUT2D eigenvalue weighted by Crippen LogP contribution is 2.23. The van der Waals surface area contributed by atoms with Crippen molar-refractivity contribution in [3.63, 3.8) is 0 Å². The number of amides is 1. The fourth-order valence-electron chi connectivity index (χ4n) is 3.68. The third kappa shape index (κ3) is 5.03. The van der Waals surface area contributed by atoms with E-state index in [-0.39, 0.29) is 5.91 Å². The van der Waals surface area contributed by atoms with Crippen LogP contribution >= 0.6 is 0 Å². The van der Waals surface area contributed by atoms with E-state index in [1.807, 2.05) is 48.5 Å². The third-order valence-corrected chi connectivity index (χ3v) is 5.41. The maximum Gasteiger partial charge on any atom is 0.260 e. The Hall–Kier alpha value is -3.21. The van der Waals surface area contributed by atoms with E-state index in [0.29, 0.717) is 12.3 Å².